The number of nitrogens with zero attached hydrogens (tertiary/aromatic N) is 1. The number of ether oxygens (including phenoxy) is 2. The number of carboxylic acid groups (broad SMARTS) is 1. The van der Waals surface area contributed by atoms with Crippen LogP contribution < -0.4 is 0 Å². The van der Waals surface area contributed by atoms with Gasteiger partial charge in [-0.2, -0.15) is 0 Å². The highest BCUT2D eigenvalue weighted by molar-refractivity contribution is 6.37. The number of carbonyl (C=O) groups excluding carboxylic acids is 2. The first-order valence-electron chi connectivity index (χ1n) is 7.66. The third kappa shape index (κ3) is 4.89. The maximum absolute atomic E-state index is 12.4. The number of carbonyl (C=O) groups is 3. The van der Waals surface area contributed by atoms with E-state index in [2.05, 4.69) is 0 Å². The fraction of sp³-hybridized carbons (Fsp3) is 0.353. The Labute approximate surface area is 161 Å². The minimum atomic E-state index is -1.58. The number of aliphatic carboxylic acids is 1. The third-order valence-corrected chi connectivity index (χ3v) is 4.08. The Morgan fingerprint density at radius 3 is 2.23 bits per heavy atom. The fourth-order valence-corrected chi connectivity index (χ4v) is 2.80. The summed E-state index contributed by atoms with van der Waals surface area (Å²) in [4.78, 5) is 36.9. The lowest BCUT2D eigenvalue weighted by molar-refractivity contribution is -0.136. The van der Waals surface area contributed by atoms with Crippen LogP contribution in [0.15, 0.2) is 17.7 Å². The molecule has 0 saturated carbocycles. The first-order chi connectivity index (χ1) is 12.1. The van der Waals surface area contributed by atoms with Gasteiger partial charge >= 0.3 is 12.1 Å². The summed E-state index contributed by atoms with van der Waals surface area (Å²) in [5, 5.41) is 9.99. The summed E-state index contributed by atoms with van der Waals surface area (Å²) in [7, 11) is 2.74. The molecule has 1 N–H and O–H groups in total. The average Bonchev–Trinajstić information content (AvgIpc) is 2.54. The fourth-order valence-electron chi connectivity index (χ4n) is 2.08. The minimum Gasteiger partial charge on any atom is -0.477 e. The van der Waals surface area contributed by atoms with Crippen LogP contribution in [-0.4, -0.2) is 48.7 Å². The van der Waals surface area contributed by atoms with Crippen LogP contribution in [0.5, 0.6) is 0 Å². The predicted octanol–water partition coefficient (Wildman–Crippen LogP) is 3.61. The Balaban J connectivity index is 3.76. The summed E-state index contributed by atoms with van der Waals surface area (Å²) < 4.78 is 9.76. The molecule has 1 aromatic carbocycles. The average molecular weight is 404 g/mol. The minimum absolute atomic E-state index is 0.00467. The van der Waals surface area contributed by atoms with Crippen molar-refractivity contribution in [1.29, 1.82) is 0 Å². The van der Waals surface area contributed by atoms with Gasteiger partial charge in [0, 0.05) is 24.7 Å². The van der Waals surface area contributed by atoms with Crippen LogP contribution in [-0.2, 0) is 25.5 Å². The Hall–Kier alpha value is -2.25. The molecular weight excluding hydrogens is 385 g/mol. The molecule has 142 valence electrons. The second-order valence-corrected chi connectivity index (χ2v) is 6.02. The third-order valence-electron chi connectivity index (χ3n) is 3.29. The zero-order chi connectivity index (χ0) is 20.0. The van der Waals surface area contributed by atoms with E-state index in [9.17, 15) is 19.5 Å². The zero-order valence-corrected chi connectivity index (χ0v) is 16.3. The molecule has 0 aliphatic rings. The summed E-state index contributed by atoms with van der Waals surface area (Å²) in [6.07, 6.45) is -0.709. The topological polar surface area (TPSA) is 93.1 Å². The molecule has 0 atom stereocenters. The SMILES string of the molecule is CCOC(=O)OC(=C(C(=O)O)C(=O)N(C)C)c1ccc(Cl)c(CC)c1Cl. The van der Waals surface area contributed by atoms with Crippen LogP contribution in [0.4, 0.5) is 4.79 Å². The van der Waals surface area contributed by atoms with E-state index in [4.69, 9.17) is 32.7 Å². The molecule has 0 spiro atoms. The maximum Gasteiger partial charge on any atom is 0.513 e. The Kier molecular flexibility index (Phi) is 7.92. The molecule has 9 heteroatoms. The maximum atomic E-state index is 12.4. The first-order valence-corrected chi connectivity index (χ1v) is 8.42. The highest BCUT2D eigenvalue weighted by Crippen LogP contribution is 2.35. The van der Waals surface area contributed by atoms with E-state index < -0.39 is 29.4 Å². The van der Waals surface area contributed by atoms with Crippen molar-refractivity contribution >= 4 is 47.0 Å². The van der Waals surface area contributed by atoms with Gasteiger partial charge in [0.2, 0.25) is 0 Å². The van der Waals surface area contributed by atoms with Gasteiger partial charge in [-0.1, -0.05) is 30.1 Å². The molecule has 0 aliphatic heterocycles. The van der Waals surface area contributed by atoms with Gasteiger partial charge in [0.15, 0.2) is 11.3 Å². The smallest absolute Gasteiger partial charge is 0.477 e. The lowest BCUT2D eigenvalue weighted by atomic mass is 10.0. The molecule has 0 saturated heterocycles. The van der Waals surface area contributed by atoms with Crippen molar-refractivity contribution < 1.29 is 29.0 Å². The summed E-state index contributed by atoms with van der Waals surface area (Å²) in [6.45, 7) is 3.36. The molecule has 0 bridgehead atoms. The van der Waals surface area contributed by atoms with E-state index in [-0.39, 0.29) is 17.2 Å². The molecule has 1 amide bonds. The molecule has 0 aliphatic carbocycles. The zero-order valence-electron chi connectivity index (χ0n) is 14.8. The van der Waals surface area contributed by atoms with Crippen molar-refractivity contribution in [3.05, 3.63) is 38.9 Å². The van der Waals surface area contributed by atoms with Crippen LogP contribution in [0.25, 0.3) is 5.76 Å². The second kappa shape index (κ2) is 9.45. The van der Waals surface area contributed by atoms with Gasteiger partial charge in [-0.15, -0.1) is 0 Å². The van der Waals surface area contributed by atoms with Gasteiger partial charge in [0.1, 0.15) is 0 Å². The van der Waals surface area contributed by atoms with Gasteiger partial charge in [-0.05, 0) is 31.0 Å². The number of likely N-dealkylation sites (N-methyl/N-ethyl adjacent to an activating group) is 1. The van der Waals surface area contributed by atoms with Gasteiger partial charge in [-0.25, -0.2) is 9.59 Å². The number of benzene rings is 1. The van der Waals surface area contributed by atoms with E-state index in [1.54, 1.807) is 13.8 Å². The van der Waals surface area contributed by atoms with Gasteiger partial charge in [-0.3, -0.25) is 4.79 Å². The molecule has 0 aromatic heterocycles. The lowest BCUT2D eigenvalue weighted by Crippen LogP contribution is -2.29. The number of hydrogen-bond donors (Lipinski definition) is 1. The molecule has 7 nitrogen and oxygen atoms in total. The second-order valence-electron chi connectivity index (χ2n) is 5.23. The van der Waals surface area contributed by atoms with Crippen molar-refractivity contribution in [1.82, 2.24) is 4.90 Å². The summed E-state index contributed by atoms with van der Waals surface area (Å²) in [5.74, 6) is -2.96. The number of carboxylic acids is 1. The summed E-state index contributed by atoms with van der Waals surface area (Å²) in [6, 6.07) is 2.86. The van der Waals surface area contributed by atoms with Crippen LogP contribution in [0.3, 0.4) is 0 Å². The highest BCUT2D eigenvalue weighted by atomic mass is 35.5. The van der Waals surface area contributed by atoms with Crippen LogP contribution in [0.2, 0.25) is 10.0 Å². The van der Waals surface area contributed by atoms with Gasteiger partial charge < -0.3 is 19.5 Å². The van der Waals surface area contributed by atoms with Crippen molar-refractivity contribution in [2.24, 2.45) is 0 Å². The lowest BCUT2D eigenvalue weighted by Gasteiger charge is -2.18. The molecule has 0 unspecified atom stereocenters. The summed E-state index contributed by atoms with van der Waals surface area (Å²) in [5.41, 5.74) is -0.180. The number of halogens is 2. The van der Waals surface area contributed by atoms with Crippen LogP contribution in [0.1, 0.15) is 25.0 Å². The monoisotopic (exact) mass is 403 g/mol. The predicted molar refractivity (Wildman–Crippen MR) is 97.2 cm³/mol. The Morgan fingerprint density at radius 2 is 1.77 bits per heavy atom. The Morgan fingerprint density at radius 1 is 1.15 bits per heavy atom. The van der Waals surface area contributed by atoms with Crippen molar-refractivity contribution in [2.45, 2.75) is 20.3 Å². The standard InChI is InChI=1S/C17H19Cl2NO6/c1-5-9-11(18)8-7-10(13(9)19)14(26-17(24)25-6-2)12(16(22)23)15(21)20(3)4/h7-8H,5-6H2,1-4H3,(H,22,23). The molecule has 0 fully saturated rings. The summed E-state index contributed by atoms with van der Waals surface area (Å²) >= 11 is 12.4. The van der Waals surface area contributed by atoms with E-state index in [0.29, 0.717) is 17.0 Å². The molecular formula is C17H19Cl2NO6. The largest absolute Gasteiger partial charge is 0.513 e. The van der Waals surface area contributed by atoms with Crippen molar-refractivity contribution in [3.8, 4) is 0 Å². The quantitative estimate of drug-likeness (QED) is 0.256. The normalized spacial score (nSPS) is 11.5. The van der Waals surface area contributed by atoms with Crippen LogP contribution in [0, 0.1) is 0 Å². The molecule has 26 heavy (non-hydrogen) atoms. The first kappa shape index (κ1) is 21.8. The molecule has 1 aromatic rings. The number of amides is 1. The van der Waals surface area contributed by atoms with Crippen LogP contribution >= 0.6 is 23.2 Å². The van der Waals surface area contributed by atoms with E-state index in [0.717, 1.165) is 4.90 Å². The van der Waals surface area contributed by atoms with Crippen molar-refractivity contribution in [3.63, 3.8) is 0 Å². The Bertz CT molecular complexity index is 758. The highest BCUT2D eigenvalue weighted by Gasteiger charge is 2.30. The van der Waals surface area contributed by atoms with Gasteiger partial charge in [0.05, 0.1) is 11.6 Å². The van der Waals surface area contributed by atoms with Gasteiger partial charge in [0.25, 0.3) is 5.91 Å². The van der Waals surface area contributed by atoms with Crippen molar-refractivity contribution in [2.75, 3.05) is 20.7 Å². The van der Waals surface area contributed by atoms with E-state index >= 15 is 0 Å². The molecule has 0 radical (unpaired) electrons. The van der Waals surface area contributed by atoms with E-state index in [1.165, 1.54) is 26.2 Å². The number of rotatable bonds is 6. The number of hydrogen-bond acceptors (Lipinski definition) is 5. The molecule has 0 heterocycles. The van der Waals surface area contributed by atoms with E-state index in [1.807, 2.05) is 0 Å². The molecule has 1 rings (SSSR count).